The molecule has 114 valence electrons. The topological polar surface area (TPSA) is 104 Å². The number of nitrogens with one attached hydrogen (secondary N) is 2. The summed E-state index contributed by atoms with van der Waals surface area (Å²) in [4.78, 5) is 22.8. The summed E-state index contributed by atoms with van der Waals surface area (Å²) in [5.41, 5.74) is 4.56. The maximum atomic E-state index is 11.5. The number of nitriles is 1. The smallest absolute Gasteiger partial charge is 0.411 e. The van der Waals surface area contributed by atoms with Crippen molar-refractivity contribution in [3.05, 3.63) is 29.3 Å². The molecule has 0 saturated carbocycles. The molecule has 1 atom stereocenters. The number of amides is 2. The Kier molecular flexibility index (Phi) is 4.73. The number of hydrogen-bond donors (Lipinski definition) is 2. The molecule has 0 saturated heterocycles. The maximum absolute atomic E-state index is 11.5. The molecular formula is C15H16N4O3. The zero-order valence-electron chi connectivity index (χ0n) is 12.3. The molecule has 1 aromatic carbocycles. The minimum atomic E-state index is -0.622. The van der Waals surface area contributed by atoms with Crippen molar-refractivity contribution in [3.8, 4) is 6.07 Å². The van der Waals surface area contributed by atoms with Gasteiger partial charge in [-0.1, -0.05) is 13.0 Å². The summed E-state index contributed by atoms with van der Waals surface area (Å²) in [7, 11) is 0. The Morgan fingerprint density at radius 1 is 1.59 bits per heavy atom. The van der Waals surface area contributed by atoms with Gasteiger partial charge in [0, 0.05) is 17.9 Å². The summed E-state index contributed by atoms with van der Waals surface area (Å²) in [6.45, 7) is 3.83. The molecule has 1 aliphatic rings. The zero-order valence-corrected chi connectivity index (χ0v) is 12.3. The lowest BCUT2D eigenvalue weighted by atomic mass is 9.93. The molecule has 1 aromatic rings. The van der Waals surface area contributed by atoms with Crippen LogP contribution in [0.1, 0.15) is 31.4 Å². The first-order valence-electron chi connectivity index (χ1n) is 6.89. The molecule has 0 aromatic heterocycles. The van der Waals surface area contributed by atoms with Crippen LogP contribution in [-0.4, -0.2) is 24.3 Å². The van der Waals surface area contributed by atoms with Gasteiger partial charge >= 0.3 is 6.09 Å². The van der Waals surface area contributed by atoms with Crippen LogP contribution in [0.4, 0.5) is 10.5 Å². The van der Waals surface area contributed by atoms with E-state index in [9.17, 15) is 9.59 Å². The summed E-state index contributed by atoms with van der Waals surface area (Å²) >= 11 is 0. The van der Waals surface area contributed by atoms with E-state index in [1.54, 1.807) is 25.1 Å². The van der Waals surface area contributed by atoms with Gasteiger partial charge < -0.3 is 4.74 Å². The van der Waals surface area contributed by atoms with Gasteiger partial charge in [0.15, 0.2) is 0 Å². The van der Waals surface area contributed by atoms with Gasteiger partial charge in [0.2, 0.25) is 5.91 Å². The standard InChI is InChI=1S/C15H16N4O3/c1-3-22-15(21)17-12-7-10(4-5-11(12)8-16)14-9(2)6-13(20)18-19-14/h4-5,7,9H,3,6H2,1-2H3,(H,17,21)(H,18,20). The number of nitrogens with zero attached hydrogens (tertiary/aromatic N) is 2. The summed E-state index contributed by atoms with van der Waals surface area (Å²) in [6.07, 6.45) is -0.275. The van der Waals surface area contributed by atoms with Crippen molar-refractivity contribution in [1.82, 2.24) is 5.43 Å². The van der Waals surface area contributed by atoms with E-state index in [0.29, 0.717) is 23.4 Å². The third-order valence-corrected chi connectivity index (χ3v) is 3.21. The number of anilines is 1. The molecule has 0 fully saturated rings. The predicted molar refractivity (Wildman–Crippen MR) is 80.3 cm³/mol. The van der Waals surface area contributed by atoms with Crippen LogP contribution in [0.15, 0.2) is 23.3 Å². The summed E-state index contributed by atoms with van der Waals surface area (Å²) in [5.74, 6) is -0.174. The van der Waals surface area contributed by atoms with Crippen molar-refractivity contribution < 1.29 is 14.3 Å². The summed E-state index contributed by atoms with van der Waals surface area (Å²) in [6, 6.07) is 7.00. The lowest BCUT2D eigenvalue weighted by Gasteiger charge is -2.19. The van der Waals surface area contributed by atoms with E-state index in [1.807, 2.05) is 13.0 Å². The van der Waals surface area contributed by atoms with Gasteiger partial charge in [0.1, 0.15) is 6.07 Å². The van der Waals surface area contributed by atoms with Crippen LogP contribution in [0.25, 0.3) is 0 Å². The second-order valence-corrected chi connectivity index (χ2v) is 4.85. The third kappa shape index (κ3) is 3.41. The first-order chi connectivity index (χ1) is 10.5. The lowest BCUT2D eigenvalue weighted by molar-refractivity contribution is -0.121. The van der Waals surface area contributed by atoms with Gasteiger partial charge in [-0.2, -0.15) is 10.4 Å². The highest BCUT2D eigenvalue weighted by Crippen LogP contribution is 2.22. The van der Waals surface area contributed by atoms with Gasteiger partial charge in [0.05, 0.1) is 23.6 Å². The van der Waals surface area contributed by atoms with E-state index in [2.05, 4.69) is 15.8 Å². The van der Waals surface area contributed by atoms with Gasteiger partial charge in [0.25, 0.3) is 0 Å². The fourth-order valence-electron chi connectivity index (χ4n) is 2.18. The number of carbonyl (C=O) groups is 2. The van der Waals surface area contributed by atoms with Gasteiger partial charge in [-0.3, -0.25) is 10.1 Å². The van der Waals surface area contributed by atoms with Gasteiger partial charge in [-0.15, -0.1) is 0 Å². The van der Waals surface area contributed by atoms with Crippen molar-refractivity contribution in [2.45, 2.75) is 20.3 Å². The number of hydrogen-bond acceptors (Lipinski definition) is 5. The number of hydrazone groups is 1. The minimum absolute atomic E-state index is 0.0443. The SMILES string of the molecule is CCOC(=O)Nc1cc(C2=NNC(=O)CC2C)ccc1C#N. The predicted octanol–water partition coefficient (Wildman–Crippen LogP) is 1.99. The highest BCUT2D eigenvalue weighted by Gasteiger charge is 2.22. The van der Waals surface area contributed by atoms with E-state index >= 15 is 0 Å². The summed E-state index contributed by atoms with van der Waals surface area (Å²) < 4.78 is 4.82. The van der Waals surface area contributed by atoms with Crippen molar-refractivity contribution >= 4 is 23.4 Å². The molecule has 0 bridgehead atoms. The zero-order chi connectivity index (χ0) is 16.1. The van der Waals surface area contributed by atoms with Crippen LogP contribution < -0.4 is 10.7 Å². The van der Waals surface area contributed by atoms with Crippen molar-refractivity contribution in [3.63, 3.8) is 0 Å². The van der Waals surface area contributed by atoms with E-state index in [0.717, 1.165) is 5.56 Å². The molecule has 0 aliphatic carbocycles. The van der Waals surface area contributed by atoms with Crippen LogP contribution in [0.3, 0.4) is 0 Å². The van der Waals surface area contributed by atoms with Crippen molar-refractivity contribution in [1.29, 1.82) is 5.26 Å². The Morgan fingerprint density at radius 3 is 3.00 bits per heavy atom. The Balaban J connectivity index is 2.33. The maximum Gasteiger partial charge on any atom is 0.411 e. The quantitative estimate of drug-likeness (QED) is 0.890. The van der Waals surface area contributed by atoms with Crippen LogP contribution in [-0.2, 0) is 9.53 Å². The van der Waals surface area contributed by atoms with E-state index < -0.39 is 6.09 Å². The molecule has 1 heterocycles. The largest absolute Gasteiger partial charge is 0.450 e. The fraction of sp³-hybridized carbons (Fsp3) is 0.333. The van der Waals surface area contributed by atoms with E-state index in [1.165, 1.54) is 0 Å². The average molecular weight is 300 g/mol. The molecule has 1 aliphatic heterocycles. The molecule has 7 heteroatoms. The molecule has 22 heavy (non-hydrogen) atoms. The second kappa shape index (κ2) is 6.72. The molecule has 2 N–H and O–H groups in total. The molecule has 1 unspecified atom stereocenters. The Labute approximate surface area is 128 Å². The lowest BCUT2D eigenvalue weighted by Crippen LogP contribution is -2.32. The second-order valence-electron chi connectivity index (χ2n) is 4.85. The Hall–Kier alpha value is -2.88. The molecule has 2 amide bonds. The number of ether oxygens (including phenoxy) is 1. The minimum Gasteiger partial charge on any atom is -0.450 e. The molecule has 0 spiro atoms. The Morgan fingerprint density at radius 2 is 2.36 bits per heavy atom. The van der Waals surface area contributed by atoms with Gasteiger partial charge in [-0.25, -0.2) is 10.2 Å². The molecular weight excluding hydrogens is 284 g/mol. The van der Waals surface area contributed by atoms with E-state index in [4.69, 9.17) is 10.00 Å². The van der Waals surface area contributed by atoms with Crippen molar-refractivity contribution in [2.75, 3.05) is 11.9 Å². The number of rotatable bonds is 3. The van der Waals surface area contributed by atoms with Crippen LogP contribution in [0.5, 0.6) is 0 Å². The number of benzene rings is 1. The first kappa shape index (κ1) is 15.5. The van der Waals surface area contributed by atoms with Crippen molar-refractivity contribution in [2.24, 2.45) is 11.0 Å². The van der Waals surface area contributed by atoms with E-state index in [-0.39, 0.29) is 18.4 Å². The van der Waals surface area contributed by atoms with Crippen LogP contribution >= 0.6 is 0 Å². The highest BCUT2D eigenvalue weighted by atomic mass is 16.5. The monoisotopic (exact) mass is 300 g/mol. The molecule has 0 radical (unpaired) electrons. The fourth-order valence-corrected chi connectivity index (χ4v) is 2.18. The third-order valence-electron chi connectivity index (χ3n) is 3.21. The molecule has 7 nitrogen and oxygen atoms in total. The highest BCUT2D eigenvalue weighted by molar-refractivity contribution is 6.06. The average Bonchev–Trinajstić information content (AvgIpc) is 2.47. The van der Waals surface area contributed by atoms with Gasteiger partial charge in [-0.05, 0) is 19.1 Å². The van der Waals surface area contributed by atoms with Crippen LogP contribution in [0.2, 0.25) is 0 Å². The normalized spacial score (nSPS) is 17.0. The summed E-state index contributed by atoms with van der Waals surface area (Å²) in [5, 5.41) is 15.7. The van der Waals surface area contributed by atoms with Crippen LogP contribution in [0, 0.1) is 17.2 Å². The Bertz CT molecular complexity index is 676. The molecule has 2 rings (SSSR count). The first-order valence-corrected chi connectivity index (χ1v) is 6.89. The number of carbonyl (C=O) groups excluding carboxylic acids is 2.